The number of amides is 2. The van der Waals surface area contributed by atoms with E-state index in [4.69, 9.17) is 5.10 Å². The molecule has 1 aliphatic rings. The Kier molecular flexibility index (Phi) is 8.23. The number of hydrogen-bond donors (Lipinski definition) is 1. The lowest BCUT2D eigenvalue weighted by Crippen LogP contribution is -2.51. The molecule has 2 heterocycles. The van der Waals surface area contributed by atoms with Crippen LogP contribution >= 0.6 is 0 Å². The number of aryl methyl sites for hydroxylation is 1. The van der Waals surface area contributed by atoms with E-state index in [1.54, 1.807) is 6.07 Å². The van der Waals surface area contributed by atoms with Crippen molar-refractivity contribution in [3.8, 4) is 5.69 Å². The molecule has 0 saturated carbocycles. The molecule has 0 aliphatic carbocycles. The van der Waals surface area contributed by atoms with Crippen molar-refractivity contribution in [1.29, 1.82) is 0 Å². The number of likely N-dealkylation sites (N-methyl/N-ethyl adjacent to an activating group) is 1. The summed E-state index contributed by atoms with van der Waals surface area (Å²) < 4.78 is 16.0. The molecule has 1 aromatic carbocycles. The number of hydrogen-bond acceptors (Lipinski definition) is 4. The molecule has 0 spiro atoms. The molecule has 1 atom stereocenters. The molecule has 188 valence electrons. The fourth-order valence-corrected chi connectivity index (χ4v) is 4.33. The van der Waals surface area contributed by atoms with Crippen molar-refractivity contribution in [3.05, 3.63) is 41.3 Å². The van der Waals surface area contributed by atoms with Gasteiger partial charge in [-0.05, 0) is 65.8 Å². The minimum atomic E-state index is -0.330. The smallest absolute Gasteiger partial charge is 0.318 e. The lowest BCUT2D eigenvalue weighted by molar-refractivity contribution is 0.165. The second-order valence-electron chi connectivity index (χ2n) is 10.3. The van der Waals surface area contributed by atoms with E-state index in [0.29, 0.717) is 12.2 Å². The first kappa shape index (κ1) is 26.0. The highest BCUT2D eigenvalue weighted by Crippen LogP contribution is 2.30. The highest BCUT2D eigenvalue weighted by atomic mass is 19.1. The highest BCUT2D eigenvalue weighted by molar-refractivity contribution is 5.75. The molecule has 7 nitrogen and oxygen atoms in total. The van der Waals surface area contributed by atoms with Crippen LogP contribution in [0.5, 0.6) is 0 Å². The summed E-state index contributed by atoms with van der Waals surface area (Å²) in [7, 11) is 0. The monoisotopic (exact) mass is 472 g/mol. The van der Waals surface area contributed by atoms with E-state index >= 15 is 0 Å². The average molecular weight is 473 g/mol. The van der Waals surface area contributed by atoms with Gasteiger partial charge in [0.1, 0.15) is 11.6 Å². The third kappa shape index (κ3) is 6.09. The topological polar surface area (TPSA) is 56.6 Å². The average Bonchev–Trinajstić information content (AvgIpc) is 3.11. The van der Waals surface area contributed by atoms with Gasteiger partial charge in [0, 0.05) is 43.3 Å². The molecule has 8 heteroatoms. The number of benzene rings is 1. The van der Waals surface area contributed by atoms with E-state index in [1.165, 1.54) is 12.1 Å². The Labute approximate surface area is 203 Å². The van der Waals surface area contributed by atoms with Crippen molar-refractivity contribution in [2.24, 2.45) is 0 Å². The lowest BCUT2D eigenvalue weighted by Gasteiger charge is -2.37. The fraction of sp³-hybridized carbons (Fsp3) is 0.615. The number of anilines is 1. The highest BCUT2D eigenvalue weighted by Gasteiger charge is 2.30. The molecule has 0 unspecified atom stereocenters. The third-order valence-electron chi connectivity index (χ3n) is 6.52. The van der Waals surface area contributed by atoms with E-state index < -0.39 is 0 Å². The molecule has 34 heavy (non-hydrogen) atoms. The zero-order valence-electron chi connectivity index (χ0n) is 21.9. The van der Waals surface area contributed by atoms with Crippen LogP contribution in [0, 0.1) is 12.7 Å². The number of aromatic nitrogens is 2. The van der Waals surface area contributed by atoms with Crippen molar-refractivity contribution in [2.45, 2.75) is 73.0 Å². The summed E-state index contributed by atoms with van der Waals surface area (Å²) in [5.41, 5.74) is 2.23. The number of nitrogens with one attached hydrogen (secondary N) is 1. The Balaban J connectivity index is 2.05. The minimum Gasteiger partial charge on any atom is -0.354 e. The summed E-state index contributed by atoms with van der Waals surface area (Å²) in [5.74, 6) is 0.662. The van der Waals surface area contributed by atoms with Gasteiger partial charge in [-0.1, -0.05) is 19.9 Å². The molecule has 1 fully saturated rings. The Morgan fingerprint density at radius 3 is 2.44 bits per heavy atom. The molecule has 0 radical (unpaired) electrons. The summed E-state index contributed by atoms with van der Waals surface area (Å²) in [6.07, 6.45) is 0.846. The van der Waals surface area contributed by atoms with Crippen LogP contribution in [0.4, 0.5) is 15.0 Å². The molecule has 1 aliphatic heterocycles. The molecule has 2 aromatic rings. The van der Waals surface area contributed by atoms with Crippen LogP contribution in [0.2, 0.25) is 0 Å². The van der Waals surface area contributed by atoms with Crippen molar-refractivity contribution in [3.63, 3.8) is 0 Å². The number of rotatable bonds is 7. The molecular formula is C26H41FN6O. The summed E-state index contributed by atoms with van der Waals surface area (Å²) in [6, 6.07) is 6.53. The molecule has 1 N–H and O–H groups in total. The van der Waals surface area contributed by atoms with Crippen LogP contribution in [-0.2, 0) is 6.54 Å². The normalized spacial score (nSPS) is 15.9. The first-order valence-corrected chi connectivity index (χ1v) is 12.4. The lowest BCUT2D eigenvalue weighted by atomic mass is 10.1. The van der Waals surface area contributed by atoms with Gasteiger partial charge in [-0.3, -0.25) is 0 Å². The van der Waals surface area contributed by atoms with Gasteiger partial charge in [0.25, 0.3) is 0 Å². The van der Waals surface area contributed by atoms with Crippen LogP contribution in [0.3, 0.4) is 0 Å². The van der Waals surface area contributed by atoms with Gasteiger partial charge in [0.05, 0.1) is 17.9 Å². The SMILES string of the molecule is CC[C@H](C)N(Cc1c(C)nn(-c2cccc(F)c2)c1N1CCN(CC)CC1)C(=O)NC(C)(C)C. The van der Waals surface area contributed by atoms with E-state index in [9.17, 15) is 9.18 Å². The minimum absolute atomic E-state index is 0.0593. The van der Waals surface area contributed by atoms with Crippen molar-refractivity contribution >= 4 is 11.8 Å². The Morgan fingerprint density at radius 1 is 1.21 bits per heavy atom. The number of piperazine rings is 1. The Bertz CT molecular complexity index is 974. The van der Waals surface area contributed by atoms with Crippen molar-refractivity contribution < 1.29 is 9.18 Å². The van der Waals surface area contributed by atoms with Crippen LogP contribution in [0.15, 0.2) is 24.3 Å². The number of carbonyl (C=O) groups excluding carboxylic acids is 1. The van der Waals surface area contributed by atoms with Gasteiger partial charge in [0.2, 0.25) is 0 Å². The van der Waals surface area contributed by atoms with E-state index in [1.807, 2.05) is 43.3 Å². The number of carbonyl (C=O) groups is 1. The molecule has 3 rings (SSSR count). The van der Waals surface area contributed by atoms with Crippen molar-refractivity contribution in [2.75, 3.05) is 37.6 Å². The van der Waals surface area contributed by atoms with Gasteiger partial charge in [-0.15, -0.1) is 0 Å². The van der Waals surface area contributed by atoms with Gasteiger partial charge >= 0.3 is 6.03 Å². The van der Waals surface area contributed by atoms with E-state index in [2.05, 4.69) is 35.9 Å². The predicted octanol–water partition coefficient (Wildman–Crippen LogP) is 4.57. The number of nitrogens with zero attached hydrogens (tertiary/aromatic N) is 5. The molecule has 0 bridgehead atoms. The molecule has 1 saturated heterocycles. The summed E-state index contributed by atoms with van der Waals surface area (Å²) in [4.78, 5) is 19.9. The van der Waals surface area contributed by atoms with Gasteiger partial charge in [-0.2, -0.15) is 5.10 Å². The van der Waals surface area contributed by atoms with Crippen LogP contribution in [-0.4, -0.2) is 69.9 Å². The van der Waals surface area contributed by atoms with Gasteiger partial charge in [0.15, 0.2) is 0 Å². The summed E-state index contributed by atoms with van der Waals surface area (Å²) in [5, 5.41) is 7.97. The van der Waals surface area contributed by atoms with Crippen molar-refractivity contribution in [1.82, 2.24) is 24.9 Å². The van der Waals surface area contributed by atoms with E-state index in [-0.39, 0.29) is 23.4 Å². The maximum atomic E-state index is 14.1. The Morgan fingerprint density at radius 2 is 1.88 bits per heavy atom. The second-order valence-corrected chi connectivity index (χ2v) is 10.3. The van der Waals surface area contributed by atoms with Crippen LogP contribution in [0.1, 0.15) is 59.2 Å². The maximum Gasteiger partial charge on any atom is 0.318 e. The first-order valence-electron chi connectivity index (χ1n) is 12.4. The second kappa shape index (κ2) is 10.8. The fourth-order valence-electron chi connectivity index (χ4n) is 4.33. The summed E-state index contributed by atoms with van der Waals surface area (Å²) >= 11 is 0. The van der Waals surface area contributed by atoms with Crippen LogP contribution in [0.25, 0.3) is 5.69 Å². The maximum absolute atomic E-state index is 14.1. The zero-order valence-corrected chi connectivity index (χ0v) is 21.9. The molecule has 1 aromatic heterocycles. The van der Waals surface area contributed by atoms with Gasteiger partial charge < -0.3 is 20.0 Å². The largest absolute Gasteiger partial charge is 0.354 e. The Hall–Kier alpha value is -2.61. The van der Waals surface area contributed by atoms with Crippen LogP contribution < -0.4 is 10.2 Å². The predicted molar refractivity (Wildman–Crippen MR) is 136 cm³/mol. The zero-order chi connectivity index (χ0) is 25.0. The summed E-state index contributed by atoms with van der Waals surface area (Å²) in [6.45, 7) is 19.4. The first-order chi connectivity index (χ1) is 16.0. The number of halogens is 1. The molecular weight excluding hydrogens is 431 g/mol. The molecule has 2 amide bonds. The standard InChI is InChI=1S/C26H41FN6O/c1-8-19(3)32(25(34)28-26(5,6)7)18-23-20(4)29-33(22-12-10-11-21(27)17-22)24(23)31-15-13-30(9-2)14-16-31/h10-12,17,19H,8-9,13-16,18H2,1-7H3,(H,28,34)/t19-/m0/s1. The quantitative estimate of drug-likeness (QED) is 0.641. The van der Waals surface area contributed by atoms with E-state index in [0.717, 1.165) is 56.2 Å². The van der Waals surface area contributed by atoms with Gasteiger partial charge in [-0.25, -0.2) is 13.9 Å². The third-order valence-corrected chi connectivity index (χ3v) is 6.52. The number of urea groups is 1.